The van der Waals surface area contributed by atoms with E-state index < -0.39 is 30.1 Å². The van der Waals surface area contributed by atoms with Gasteiger partial charge in [0.15, 0.2) is 0 Å². The van der Waals surface area contributed by atoms with Gasteiger partial charge in [-0.2, -0.15) is 13.2 Å². The number of carbonyl (C=O) groups excluding carboxylic acids is 3. The maximum Gasteiger partial charge on any atom is 0.490 e. The van der Waals surface area contributed by atoms with Crippen molar-refractivity contribution in [3.05, 3.63) is 95.0 Å². The van der Waals surface area contributed by atoms with Crippen LogP contribution in [0.2, 0.25) is 5.02 Å². The first-order valence-corrected chi connectivity index (χ1v) is 14.1. The van der Waals surface area contributed by atoms with Crippen LogP contribution in [0.25, 0.3) is 11.1 Å². The van der Waals surface area contributed by atoms with Crippen LogP contribution in [0.4, 0.5) is 18.0 Å². The molecule has 0 bridgehead atoms. The number of amides is 4. The Kier molecular flexibility index (Phi) is 15.0. The second kappa shape index (κ2) is 18.6. The highest BCUT2D eigenvalue weighted by molar-refractivity contribution is 6.31. The molecular formula is C31H32ClF3N4O7. The average molecular weight is 665 g/mol. The van der Waals surface area contributed by atoms with E-state index in [2.05, 4.69) is 21.3 Å². The van der Waals surface area contributed by atoms with Gasteiger partial charge in [-0.3, -0.25) is 14.4 Å². The molecule has 1 atom stereocenters. The molecule has 3 aromatic carbocycles. The van der Waals surface area contributed by atoms with Gasteiger partial charge in [-0.05, 0) is 34.7 Å². The molecule has 1 unspecified atom stereocenters. The van der Waals surface area contributed by atoms with Crippen LogP contribution in [0.3, 0.4) is 0 Å². The van der Waals surface area contributed by atoms with Crippen LogP contribution >= 0.6 is 11.6 Å². The molecule has 4 amide bonds. The fourth-order valence-electron chi connectivity index (χ4n) is 3.81. The first-order valence-electron chi connectivity index (χ1n) is 13.7. The van der Waals surface area contributed by atoms with Crippen LogP contribution in [0, 0.1) is 0 Å². The summed E-state index contributed by atoms with van der Waals surface area (Å²) in [7, 11) is 0. The highest BCUT2D eigenvalue weighted by Gasteiger charge is 2.38. The number of alkyl halides is 3. The van der Waals surface area contributed by atoms with Gasteiger partial charge in [0.1, 0.15) is 0 Å². The third-order valence-electron chi connectivity index (χ3n) is 6.09. The lowest BCUT2D eigenvalue weighted by Crippen LogP contribution is -2.39. The third kappa shape index (κ3) is 14.1. The standard InChI is InChI=1S/C29H31ClN4O5.C2HF3O2/c30-24-10-5-4-9-23(24)18-33-29(39)31-16-6-11-26(35)32-19-27(36)34-25(17-28(37)38)22-14-12-21(13-15-22)20-7-2-1-3-8-20;3-2(4,5)1(6)7/h1-5,7-10,12-15,25H,6,11,16-19H2,(H,32,35)(H,34,36)(H,37,38)(H2,31,33,39);(H,6,7). The van der Waals surface area contributed by atoms with Gasteiger partial charge in [0.05, 0.1) is 19.0 Å². The van der Waals surface area contributed by atoms with E-state index in [0.29, 0.717) is 17.0 Å². The molecule has 0 aliphatic rings. The fourth-order valence-corrected chi connectivity index (χ4v) is 4.01. The molecular weight excluding hydrogens is 633 g/mol. The maximum atomic E-state index is 12.4. The molecule has 0 spiro atoms. The SMILES string of the molecule is O=C(O)C(F)(F)F.O=C(O)CC(NC(=O)CNC(=O)CCCNC(=O)NCc1ccccc1Cl)c1ccc(-c2ccccc2)cc1. The van der Waals surface area contributed by atoms with Crippen molar-refractivity contribution >= 4 is 41.4 Å². The molecule has 0 fully saturated rings. The van der Waals surface area contributed by atoms with Crippen molar-refractivity contribution in [2.75, 3.05) is 13.1 Å². The van der Waals surface area contributed by atoms with E-state index in [0.717, 1.165) is 16.7 Å². The van der Waals surface area contributed by atoms with Gasteiger partial charge in [-0.25, -0.2) is 9.59 Å². The van der Waals surface area contributed by atoms with E-state index in [9.17, 15) is 37.5 Å². The van der Waals surface area contributed by atoms with E-state index in [-0.39, 0.29) is 44.4 Å². The number of benzene rings is 3. The second-order valence-corrected chi connectivity index (χ2v) is 10.00. The summed E-state index contributed by atoms with van der Waals surface area (Å²) in [5, 5.41) is 27.6. The Labute approximate surface area is 267 Å². The predicted octanol–water partition coefficient (Wildman–Crippen LogP) is 4.67. The highest BCUT2D eigenvalue weighted by Crippen LogP contribution is 2.23. The van der Waals surface area contributed by atoms with Gasteiger partial charge in [-0.15, -0.1) is 0 Å². The van der Waals surface area contributed by atoms with Crippen molar-refractivity contribution in [2.24, 2.45) is 0 Å². The number of halogens is 4. The monoisotopic (exact) mass is 664 g/mol. The molecule has 0 aromatic heterocycles. The average Bonchev–Trinajstić information content (AvgIpc) is 3.01. The molecule has 0 radical (unpaired) electrons. The summed E-state index contributed by atoms with van der Waals surface area (Å²) in [5.74, 6) is -4.67. The molecule has 0 aliphatic carbocycles. The van der Waals surface area contributed by atoms with Crippen LogP contribution in [-0.2, 0) is 25.7 Å². The Morgan fingerprint density at radius 1 is 0.761 bits per heavy atom. The van der Waals surface area contributed by atoms with Crippen molar-refractivity contribution in [1.82, 2.24) is 21.3 Å². The smallest absolute Gasteiger partial charge is 0.481 e. The van der Waals surface area contributed by atoms with Gasteiger partial charge < -0.3 is 31.5 Å². The number of aliphatic carboxylic acids is 2. The van der Waals surface area contributed by atoms with Crippen molar-refractivity contribution in [1.29, 1.82) is 0 Å². The van der Waals surface area contributed by atoms with E-state index in [1.54, 1.807) is 24.3 Å². The molecule has 3 aromatic rings. The zero-order valence-corrected chi connectivity index (χ0v) is 25.0. The largest absolute Gasteiger partial charge is 0.490 e. The van der Waals surface area contributed by atoms with Crippen LogP contribution in [-0.4, -0.2) is 59.3 Å². The molecule has 0 saturated carbocycles. The molecule has 0 heterocycles. The minimum atomic E-state index is -5.08. The molecule has 0 saturated heterocycles. The molecule has 46 heavy (non-hydrogen) atoms. The lowest BCUT2D eigenvalue weighted by Gasteiger charge is -2.18. The Balaban J connectivity index is 0.000000942. The minimum absolute atomic E-state index is 0.109. The first-order chi connectivity index (χ1) is 21.8. The highest BCUT2D eigenvalue weighted by atomic mass is 35.5. The summed E-state index contributed by atoms with van der Waals surface area (Å²) < 4.78 is 31.7. The molecule has 11 nitrogen and oxygen atoms in total. The Bertz CT molecular complexity index is 1470. The normalized spacial score (nSPS) is 11.2. The first kappa shape index (κ1) is 37.1. The quantitative estimate of drug-likeness (QED) is 0.144. The van der Waals surface area contributed by atoms with Crippen LogP contribution in [0.5, 0.6) is 0 Å². The maximum absolute atomic E-state index is 12.4. The van der Waals surface area contributed by atoms with E-state index in [4.69, 9.17) is 21.5 Å². The summed E-state index contributed by atoms with van der Waals surface area (Å²) in [6.07, 6.45) is -4.89. The van der Waals surface area contributed by atoms with E-state index >= 15 is 0 Å². The Hall–Kier alpha value is -5.11. The van der Waals surface area contributed by atoms with Gasteiger partial charge in [0.25, 0.3) is 0 Å². The topological polar surface area (TPSA) is 174 Å². The van der Waals surface area contributed by atoms with E-state index in [1.165, 1.54) is 0 Å². The van der Waals surface area contributed by atoms with Gasteiger partial charge in [0, 0.05) is 24.5 Å². The summed E-state index contributed by atoms with van der Waals surface area (Å²) in [5.41, 5.74) is 3.44. The Morgan fingerprint density at radius 3 is 1.93 bits per heavy atom. The van der Waals surface area contributed by atoms with Gasteiger partial charge in [0.2, 0.25) is 11.8 Å². The summed E-state index contributed by atoms with van der Waals surface area (Å²) >= 11 is 6.06. The van der Waals surface area contributed by atoms with Crippen LogP contribution < -0.4 is 21.3 Å². The number of carboxylic acids is 2. The molecule has 6 N–H and O–H groups in total. The fraction of sp³-hybridized carbons (Fsp3) is 0.258. The molecule has 246 valence electrons. The summed E-state index contributed by atoms with van der Waals surface area (Å²) in [6, 6.07) is 23.1. The summed E-state index contributed by atoms with van der Waals surface area (Å²) in [6.45, 7) is 0.261. The lowest BCUT2D eigenvalue weighted by atomic mass is 9.99. The third-order valence-corrected chi connectivity index (χ3v) is 6.45. The number of hydrogen-bond acceptors (Lipinski definition) is 5. The number of carbonyl (C=O) groups is 5. The molecule has 15 heteroatoms. The number of hydrogen-bond donors (Lipinski definition) is 6. The van der Waals surface area contributed by atoms with Crippen molar-refractivity contribution < 1.29 is 47.4 Å². The Morgan fingerprint density at radius 2 is 1.35 bits per heavy atom. The predicted molar refractivity (Wildman–Crippen MR) is 163 cm³/mol. The zero-order valence-electron chi connectivity index (χ0n) is 24.3. The molecule has 3 rings (SSSR count). The van der Waals surface area contributed by atoms with E-state index in [1.807, 2.05) is 54.6 Å². The lowest BCUT2D eigenvalue weighted by molar-refractivity contribution is -0.192. The minimum Gasteiger partial charge on any atom is -0.481 e. The zero-order chi connectivity index (χ0) is 34.1. The van der Waals surface area contributed by atoms with Crippen molar-refractivity contribution in [2.45, 2.75) is 38.0 Å². The van der Waals surface area contributed by atoms with Gasteiger partial charge in [-0.1, -0.05) is 84.4 Å². The van der Waals surface area contributed by atoms with Gasteiger partial charge >= 0.3 is 24.1 Å². The number of rotatable bonds is 13. The van der Waals surface area contributed by atoms with Crippen molar-refractivity contribution in [3.63, 3.8) is 0 Å². The van der Waals surface area contributed by atoms with Crippen LogP contribution in [0.15, 0.2) is 78.9 Å². The molecule has 0 aliphatic heterocycles. The summed E-state index contributed by atoms with van der Waals surface area (Å²) in [4.78, 5) is 56.7. The second-order valence-electron chi connectivity index (χ2n) is 9.59. The van der Waals surface area contributed by atoms with Crippen LogP contribution in [0.1, 0.15) is 36.4 Å². The number of urea groups is 1. The number of nitrogens with one attached hydrogen (secondary N) is 4. The van der Waals surface area contributed by atoms with Crippen molar-refractivity contribution in [3.8, 4) is 11.1 Å². The number of carboxylic acid groups (broad SMARTS) is 2.